The molecule has 2 N–H and O–H groups in total. The van der Waals surface area contributed by atoms with Crippen LogP contribution in [0.5, 0.6) is 0 Å². The maximum Gasteiger partial charge on any atom is 0.335 e. The molecule has 70 valence electrons. The molecule has 0 atom stereocenters. The minimum atomic E-state index is -0.917. The lowest BCUT2D eigenvalue weighted by Crippen LogP contribution is -2.11. The summed E-state index contributed by atoms with van der Waals surface area (Å²) in [5, 5.41) is 8.68. The molecule has 0 heterocycles. The third-order valence-corrected chi connectivity index (χ3v) is 1.59. The molecule has 0 aliphatic heterocycles. The average molecular weight is 181 g/mol. The molecule has 0 radical (unpaired) electrons. The molecule has 0 aliphatic rings. The third-order valence-electron chi connectivity index (χ3n) is 1.59. The summed E-state index contributed by atoms with van der Waals surface area (Å²) in [7, 11) is 1.51. The van der Waals surface area contributed by atoms with Gasteiger partial charge in [-0.3, -0.25) is 0 Å². The lowest BCUT2D eigenvalue weighted by molar-refractivity contribution is 0.0696. The van der Waals surface area contributed by atoms with Crippen LogP contribution in [0.25, 0.3) is 0 Å². The number of hydrogen-bond donors (Lipinski definition) is 2. The number of nitrogens with one attached hydrogen (secondary N) is 1. The van der Waals surface area contributed by atoms with E-state index in [1.807, 2.05) is 6.07 Å². The number of benzene rings is 1. The molecule has 0 amide bonds. The molecule has 1 aromatic carbocycles. The van der Waals surface area contributed by atoms with Crippen LogP contribution in [0.2, 0.25) is 0 Å². The predicted octanol–water partition coefficient (Wildman–Crippen LogP) is 1.04. The van der Waals surface area contributed by atoms with Crippen LogP contribution < -0.4 is 5.48 Å². The van der Waals surface area contributed by atoms with Crippen LogP contribution in [0.15, 0.2) is 24.3 Å². The van der Waals surface area contributed by atoms with Crippen molar-refractivity contribution in [2.45, 2.75) is 6.54 Å². The van der Waals surface area contributed by atoms with Gasteiger partial charge in [0.05, 0.1) is 12.7 Å². The van der Waals surface area contributed by atoms with Crippen molar-refractivity contribution in [3.05, 3.63) is 35.4 Å². The van der Waals surface area contributed by atoms with E-state index < -0.39 is 5.97 Å². The number of rotatable bonds is 4. The van der Waals surface area contributed by atoms with Crippen molar-refractivity contribution in [3.63, 3.8) is 0 Å². The summed E-state index contributed by atoms with van der Waals surface area (Å²) in [4.78, 5) is 15.2. The minimum absolute atomic E-state index is 0.287. The molecule has 0 spiro atoms. The molecule has 1 rings (SSSR count). The second-order valence-electron chi connectivity index (χ2n) is 2.53. The van der Waals surface area contributed by atoms with E-state index in [9.17, 15) is 4.79 Å². The highest BCUT2D eigenvalue weighted by Gasteiger charge is 2.02. The fourth-order valence-corrected chi connectivity index (χ4v) is 0.970. The van der Waals surface area contributed by atoms with Crippen LogP contribution in [0.3, 0.4) is 0 Å². The third kappa shape index (κ3) is 2.85. The first-order valence-electron chi connectivity index (χ1n) is 3.82. The molecule has 0 fully saturated rings. The zero-order valence-electron chi connectivity index (χ0n) is 7.28. The lowest BCUT2D eigenvalue weighted by atomic mass is 10.1. The van der Waals surface area contributed by atoms with E-state index in [0.717, 1.165) is 5.56 Å². The molecule has 1 aromatic rings. The zero-order chi connectivity index (χ0) is 9.68. The van der Waals surface area contributed by atoms with Gasteiger partial charge in [-0.1, -0.05) is 12.1 Å². The Hall–Kier alpha value is -1.39. The van der Waals surface area contributed by atoms with Crippen LogP contribution in [0, 0.1) is 0 Å². The number of aromatic carboxylic acids is 1. The van der Waals surface area contributed by atoms with Crippen LogP contribution in [-0.2, 0) is 11.4 Å². The second-order valence-corrected chi connectivity index (χ2v) is 2.53. The summed E-state index contributed by atoms with van der Waals surface area (Å²) in [5.41, 5.74) is 3.80. The maximum atomic E-state index is 10.6. The van der Waals surface area contributed by atoms with Crippen molar-refractivity contribution >= 4 is 5.97 Å². The van der Waals surface area contributed by atoms with Gasteiger partial charge in [0, 0.05) is 6.54 Å². The first-order chi connectivity index (χ1) is 6.24. The van der Waals surface area contributed by atoms with E-state index in [1.54, 1.807) is 18.2 Å². The summed E-state index contributed by atoms with van der Waals surface area (Å²) in [6, 6.07) is 6.70. The van der Waals surface area contributed by atoms with Gasteiger partial charge in [-0.15, -0.1) is 0 Å². The van der Waals surface area contributed by atoms with E-state index in [4.69, 9.17) is 5.11 Å². The van der Waals surface area contributed by atoms with E-state index in [1.165, 1.54) is 7.11 Å². The first kappa shape index (κ1) is 9.70. The fraction of sp³-hybridized carbons (Fsp3) is 0.222. The van der Waals surface area contributed by atoms with Gasteiger partial charge in [-0.25, -0.2) is 4.79 Å². The molecule has 0 aliphatic carbocycles. The van der Waals surface area contributed by atoms with E-state index in [-0.39, 0.29) is 5.56 Å². The molecular formula is C9H11NO3. The van der Waals surface area contributed by atoms with E-state index >= 15 is 0 Å². The molecule has 0 saturated heterocycles. The van der Waals surface area contributed by atoms with Crippen LogP contribution in [0.4, 0.5) is 0 Å². The molecule has 0 bridgehead atoms. The number of carboxylic acid groups (broad SMARTS) is 1. The first-order valence-corrected chi connectivity index (χ1v) is 3.82. The standard InChI is InChI=1S/C9H11NO3/c1-13-10-6-7-3-2-4-8(5-7)9(11)12/h2-5,10H,6H2,1H3,(H,11,12). The van der Waals surface area contributed by atoms with Crippen molar-refractivity contribution < 1.29 is 14.7 Å². The topological polar surface area (TPSA) is 58.6 Å². The Bertz CT molecular complexity index is 299. The van der Waals surface area contributed by atoms with Gasteiger partial charge in [-0.2, -0.15) is 5.48 Å². The smallest absolute Gasteiger partial charge is 0.335 e. The van der Waals surface area contributed by atoms with Gasteiger partial charge in [-0.05, 0) is 17.7 Å². The quantitative estimate of drug-likeness (QED) is 0.681. The van der Waals surface area contributed by atoms with Crippen molar-refractivity contribution in [1.82, 2.24) is 5.48 Å². The average Bonchev–Trinajstić information content (AvgIpc) is 2.15. The molecular weight excluding hydrogens is 170 g/mol. The van der Waals surface area contributed by atoms with E-state index in [2.05, 4.69) is 10.3 Å². The SMILES string of the molecule is CONCc1cccc(C(=O)O)c1. The Labute approximate surface area is 76.1 Å². The Balaban J connectivity index is 2.73. The molecule has 0 unspecified atom stereocenters. The number of hydrogen-bond acceptors (Lipinski definition) is 3. The van der Waals surface area contributed by atoms with E-state index in [0.29, 0.717) is 6.54 Å². The normalized spacial score (nSPS) is 9.92. The molecule has 13 heavy (non-hydrogen) atoms. The van der Waals surface area contributed by atoms with Gasteiger partial charge < -0.3 is 9.94 Å². The minimum Gasteiger partial charge on any atom is -0.478 e. The zero-order valence-corrected chi connectivity index (χ0v) is 7.28. The van der Waals surface area contributed by atoms with Crippen LogP contribution in [-0.4, -0.2) is 18.2 Å². The summed E-state index contributed by atoms with van der Waals surface area (Å²) >= 11 is 0. The molecule has 0 aromatic heterocycles. The highest BCUT2D eigenvalue weighted by Crippen LogP contribution is 2.04. The summed E-state index contributed by atoms with van der Waals surface area (Å²) in [5.74, 6) is -0.917. The summed E-state index contributed by atoms with van der Waals surface area (Å²) in [6.07, 6.45) is 0. The maximum absolute atomic E-state index is 10.6. The van der Waals surface area contributed by atoms with Gasteiger partial charge >= 0.3 is 5.97 Å². The Morgan fingerprint density at radius 1 is 1.62 bits per heavy atom. The van der Waals surface area contributed by atoms with Crippen molar-refractivity contribution in [1.29, 1.82) is 0 Å². The number of carboxylic acids is 1. The monoisotopic (exact) mass is 181 g/mol. The Kier molecular flexibility index (Phi) is 3.42. The summed E-state index contributed by atoms with van der Waals surface area (Å²) < 4.78 is 0. The largest absolute Gasteiger partial charge is 0.478 e. The predicted molar refractivity (Wildman–Crippen MR) is 47.3 cm³/mol. The lowest BCUT2D eigenvalue weighted by Gasteiger charge is -2.02. The van der Waals surface area contributed by atoms with Crippen LogP contribution >= 0.6 is 0 Å². The van der Waals surface area contributed by atoms with Gasteiger partial charge in [0.15, 0.2) is 0 Å². The van der Waals surface area contributed by atoms with Gasteiger partial charge in [0.2, 0.25) is 0 Å². The van der Waals surface area contributed by atoms with Crippen molar-refractivity contribution in [2.24, 2.45) is 0 Å². The second kappa shape index (κ2) is 4.59. The molecule has 4 heteroatoms. The summed E-state index contributed by atoms with van der Waals surface area (Å²) in [6.45, 7) is 0.498. The highest BCUT2D eigenvalue weighted by molar-refractivity contribution is 5.87. The Morgan fingerprint density at radius 3 is 3.00 bits per heavy atom. The van der Waals surface area contributed by atoms with Gasteiger partial charge in [0.1, 0.15) is 0 Å². The number of hydroxylamine groups is 1. The van der Waals surface area contributed by atoms with Crippen molar-refractivity contribution in [2.75, 3.05) is 7.11 Å². The number of carbonyl (C=O) groups is 1. The fourth-order valence-electron chi connectivity index (χ4n) is 0.970. The molecule has 0 saturated carbocycles. The van der Waals surface area contributed by atoms with Crippen LogP contribution in [0.1, 0.15) is 15.9 Å². The van der Waals surface area contributed by atoms with Crippen molar-refractivity contribution in [3.8, 4) is 0 Å². The highest BCUT2D eigenvalue weighted by atomic mass is 16.6. The van der Waals surface area contributed by atoms with Gasteiger partial charge in [0.25, 0.3) is 0 Å². The Morgan fingerprint density at radius 2 is 2.38 bits per heavy atom. The molecule has 4 nitrogen and oxygen atoms in total.